The minimum absolute atomic E-state index is 0.108. The van der Waals surface area contributed by atoms with E-state index in [9.17, 15) is 8.78 Å². The molecule has 14 heavy (non-hydrogen) atoms. The normalized spacial score (nSPS) is 15.8. The van der Waals surface area contributed by atoms with Crippen molar-refractivity contribution in [1.29, 1.82) is 0 Å². The van der Waals surface area contributed by atoms with Crippen LogP contribution in [0.1, 0.15) is 18.0 Å². The van der Waals surface area contributed by atoms with Crippen LogP contribution in [0.25, 0.3) is 0 Å². The molecule has 0 bridgehead atoms. The molecule has 1 aromatic heterocycles. The summed E-state index contributed by atoms with van der Waals surface area (Å²) in [6, 6.07) is -0.108. The van der Waals surface area contributed by atoms with Crippen molar-refractivity contribution in [2.75, 3.05) is 6.54 Å². The molecule has 0 spiro atoms. The lowest BCUT2D eigenvalue weighted by Gasteiger charge is -2.14. The number of alkyl halides is 2. The van der Waals surface area contributed by atoms with Crippen LogP contribution in [0.3, 0.4) is 0 Å². The van der Waals surface area contributed by atoms with Crippen molar-refractivity contribution < 1.29 is 13.9 Å². The van der Waals surface area contributed by atoms with Crippen LogP contribution in [0, 0.1) is 0 Å². The number of hydrogen-bond acceptors (Lipinski definition) is 4. The van der Waals surface area contributed by atoms with Gasteiger partial charge in [-0.15, -0.1) is 11.3 Å². The number of aliphatic hydroxyl groups is 1. The fourth-order valence-corrected chi connectivity index (χ4v) is 1.59. The zero-order valence-corrected chi connectivity index (χ0v) is 8.47. The van der Waals surface area contributed by atoms with Crippen molar-refractivity contribution in [3.05, 3.63) is 16.6 Å². The molecule has 0 aliphatic heterocycles. The molecule has 0 aromatic carbocycles. The number of thiazole rings is 1. The zero-order valence-electron chi connectivity index (χ0n) is 7.65. The molecule has 0 fully saturated rings. The summed E-state index contributed by atoms with van der Waals surface area (Å²) < 4.78 is 23.8. The molecular weight excluding hydrogens is 210 g/mol. The molecule has 2 N–H and O–H groups in total. The maximum Gasteiger partial charge on any atom is 0.265 e. The number of nitrogens with zero attached hydrogens (tertiary/aromatic N) is 1. The third-order valence-electron chi connectivity index (χ3n) is 1.75. The van der Waals surface area contributed by atoms with Crippen molar-refractivity contribution in [2.24, 2.45) is 0 Å². The highest BCUT2D eigenvalue weighted by atomic mass is 32.1. The highest BCUT2D eigenvalue weighted by molar-refractivity contribution is 7.09. The van der Waals surface area contributed by atoms with E-state index in [0.29, 0.717) is 0 Å². The Labute approximate surface area is 84.8 Å². The molecule has 0 amide bonds. The molecule has 80 valence electrons. The summed E-state index contributed by atoms with van der Waals surface area (Å²) in [6.07, 6.45) is -2.66. The Morgan fingerprint density at radius 2 is 2.36 bits per heavy atom. The Hall–Kier alpha value is -0.590. The van der Waals surface area contributed by atoms with Crippen LogP contribution in [-0.4, -0.2) is 29.2 Å². The molecule has 6 heteroatoms. The zero-order chi connectivity index (χ0) is 10.6. The number of aromatic nitrogens is 1. The summed E-state index contributed by atoms with van der Waals surface area (Å²) in [5.41, 5.74) is 0. The van der Waals surface area contributed by atoms with Gasteiger partial charge in [-0.3, -0.25) is 0 Å². The second kappa shape index (κ2) is 5.33. The van der Waals surface area contributed by atoms with Gasteiger partial charge in [0.2, 0.25) is 0 Å². The van der Waals surface area contributed by atoms with Crippen LogP contribution >= 0.6 is 11.3 Å². The Balaban J connectivity index is 2.32. The van der Waals surface area contributed by atoms with Gasteiger partial charge in [0.25, 0.3) is 6.43 Å². The molecular formula is C8H12F2N2OS. The lowest BCUT2D eigenvalue weighted by Crippen LogP contribution is -2.33. The van der Waals surface area contributed by atoms with Crippen LogP contribution in [0.5, 0.6) is 0 Å². The molecule has 0 radical (unpaired) electrons. The Morgan fingerprint density at radius 1 is 1.64 bits per heavy atom. The van der Waals surface area contributed by atoms with Gasteiger partial charge in [-0.2, -0.15) is 0 Å². The van der Waals surface area contributed by atoms with Gasteiger partial charge in [0, 0.05) is 18.1 Å². The van der Waals surface area contributed by atoms with Gasteiger partial charge in [0.15, 0.2) is 0 Å². The number of nitrogens with one attached hydrogen (secondary N) is 1. The minimum Gasteiger partial charge on any atom is -0.386 e. The average Bonchev–Trinajstić information content (AvgIpc) is 2.66. The number of halogens is 2. The number of hydrogen-bond donors (Lipinski definition) is 2. The molecule has 0 aliphatic rings. The standard InChI is InChI=1S/C8H12F2N2OS/c1-5(8-11-2-3-14-8)12-4-6(13)7(9)10/h2-3,5-7,12-13H,4H2,1H3. The summed E-state index contributed by atoms with van der Waals surface area (Å²) >= 11 is 1.45. The summed E-state index contributed by atoms with van der Waals surface area (Å²) in [5.74, 6) is 0. The lowest BCUT2D eigenvalue weighted by molar-refractivity contribution is -0.00439. The van der Waals surface area contributed by atoms with E-state index in [-0.39, 0.29) is 12.6 Å². The minimum atomic E-state index is -2.70. The molecule has 0 saturated heterocycles. The van der Waals surface area contributed by atoms with Crippen LogP contribution in [0.15, 0.2) is 11.6 Å². The van der Waals surface area contributed by atoms with Gasteiger partial charge in [-0.05, 0) is 6.92 Å². The van der Waals surface area contributed by atoms with Gasteiger partial charge in [0.1, 0.15) is 11.1 Å². The van der Waals surface area contributed by atoms with Crippen molar-refractivity contribution in [2.45, 2.75) is 25.5 Å². The predicted octanol–water partition coefficient (Wildman–Crippen LogP) is 1.42. The summed E-state index contributed by atoms with van der Waals surface area (Å²) in [7, 11) is 0. The van der Waals surface area contributed by atoms with Crippen LogP contribution in [0.2, 0.25) is 0 Å². The largest absolute Gasteiger partial charge is 0.386 e. The third kappa shape index (κ3) is 3.28. The number of aliphatic hydroxyl groups excluding tert-OH is 1. The fraction of sp³-hybridized carbons (Fsp3) is 0.625. The topological polar surface area (TPSA) is 45.1 Å². The predicted molar refractivity (Wildman–Crippen MR) is 50.5 cm³/mol. The van der Waals surface area contributed by atoms with E-state index < -0.39 is 12.5 Å². The van der Waals surface area contributed by atoms with E-state index >= 15 is 0 Å². The Kier molecular flexibility index (Phi) is 4.37. The first kappa shape index (κ1) is 11.5. The van der Waals surface area contributed by atoms with Crippen LogP contribution < -0.4 is 5.32 Å². The smallest absolute Gasteiger partial charge is 0.265 e. The first-order valence-corrected chi connectivity index (χ1v) is 5.08. The summed E-state index contributed by atoms with van der Waals surface area (Å²) in [4.78, 5) is 4.03. The molecule has 1 rings (SSSR count). The summed E-state index contributed by atoms with van der Waals surface area (Å²) in [6.45, 7) is 1.69. The summed E-state index contributed by atoms with van der Waals surface area (Å²) in [5, 5.41) is 14.3. The van der Waals surface area contributed by atoms with E-state index in [0.717, 1.165) is 5.01 Å². The van der Waals surface area contributed by atoms with Crippen LogP contribution in [-0.2, 0) is 0 Å². The average molecular weight is 222 g/mol. The van der Waals surface area contributed by atoms with Gasteiger partial charge >= 0.3 is 0 Å². The monoisotopic (exact) mass is 222 g/mol. The van der Waals surface area contributed by atoms with Crippen molar-refractivity contribution in [3.63, 3.8) is 0 Å². The van der Waals surface area contributed by atoms with Gasteiger partial charge in [-0.25, -0.2) is 13.8 Å². The highest BCUT2D eigenvalue weighted by Crippen LogP contribution is 2.14. The molecule has 2 atom stereocenters. The highest BCUT2D eigenvalue weighted by Gasteiger charge is 2.18. The first-order valence-electron chi connectivity index (χ1n) is 4.20. The van der Waals surface area contributed by atoms with Gasteiger partial charge < -0.3 is 10.4 Å². The SMILES string of the molecule is CC(NCC(O)C(F)F)c1nccs1. The van der Waals surface area contributed by atoms with Crippen molar-refractivity contribution >= 4 is 11.3 Å². The molecule has 0 aliphatic carbocycles. The van der Waals surface area contributed by atoms with E-state index in [1.165, 1.54) is 11.3 Å². The van der Waals surface area contributed by atoms with Crippen molar-refractivity contribution in [1.82, 2.24) is 10.3 Å². The number of rotatable bonds is 5. The third-order valence-corrected chi connectivity index (χ3v) is 2.70. The second-order valence-corrected chi connectivity index (χ2v) is 3.83. The molecule has 2 unspecified atom stereocenters. The molecule has 0 saturated carbocycles. The quantitative estimate of drug-likeness (QED) is 0.792. The first-order chi connectivity index (χ1) is 6.61. The maximum absolute atomic E-state index is 11.9. The van der Waals surface area contributed by atoms with E-state index in [4.69, 9.17) is 5.11 Å². The van der Waals surface area contributed by atoms with Gasteiger partial charge in [0.05, 0.1) is 6.04 Å². The van der Waals surface area contributed by atoms with E-state index in [2.05, 4.69) is 10.3 Å². The maximum atomic E-state index is 11.9. The molecule has 1 aromatic rings. The lowest BCUT2D eigenvalue weighted by atomic mass is 10.3. The van der Waals surface area contributed by atoms with E-state index in [1.807, 2.05) is 12.3 Å². The van der Waals surface area contributed by atoms with E-state index in [1.54, 1.807) is 6.20 Å². The molecule has 1 heterocycles. The second-order valence-electron chi connectivity index (χ2n) is 2.90. The van der Waals surface area contributed by atoms with Crippen molar-refractivity contribution in [3.8, 4) is 0 Å². The molecule has 3 nitrogen and oxygen atoms in total. The Bertz CT molecular complexity index is 256. The van der Waals surface area contributed by atoms with Crippen LogP contribution in [0.4, 0.5) is 8.78 Å². The fourth-order valence-electron chi connectivity index (χ4n) is 0.922. The van der Waals surface area contributed by atoms with Gasteiger partial charge in [-0.1, -0.05) is 0 Å². The Morgan fingerprint density at radius 3 is 2.86 bits per heavy atom.